The van der Waals surface area contributed by atoms with Crippen molar-refractivity contribution in [2.24, 2.45) is 0 Å². The molecule has 4 nitrogen and oxygen atoms in total. The molecule has 0 radical (unpaired) electrons. The van der Waals surface area contributed by atoms with Crippen LogP contribution in [0.3, 0.4) is 0 Å². The Balaban J connectivity index is 1.79. The van der Waals surface area contributed by atoms with Crippen LogP contribution in [0.2, 0.25) is 0 Å². The van der Waals surface area contributed by atoms with Gasteiger partial charge in [0.1, 0.15) is 0 Å². The van der Waals surface area contributed by atoms with Gasteiger partial charge in [-0.05, 0) is 44.9 Å². The summed E-state index contributed by atoms with van der Waals surface area (Å²) in [5.41, 5.74) is 0. The van der Waals surface area contributed by atoms with Crippen molar-refractivity contribution in [2.45, 2.75) is 51.6 Å². The first-order chi connectivity index (χ1) is 9.76. The maximum Gasteiger partial charge on any atom is 0.317 e. The Bertz CT molecular complexity index is 305. The average molecular weight is 299 g/mol. The molecule has 2 aliphatic rings. The summed E-state index contributed by atoms with van der Waals surface area (Å²) in [6.07, 6.45) is 5.00. The van der Waals surface area contributed by atoms with Gasteiger partial charge in [-0.25, -0.2) is 4.79 Å². The number of nitrogens with one attached hydrogen (secondary N) is 1. The number of rotatable bonds is 5. The summed E-state index contributed by atoms with van der Waals surface area (Å²) in [4.78, 5) is 16.5. The second-order valence-electron chi connectivity index (χ2n) is 5.75. The minimum absolute atomic E-state index is 0.116. The zero-order valence-corrected chi connectivity index (χ0v) is 13.8. The minimum Gasteiger partial charge on any atom is -0.338 e. The van der Waals surface area contributed by atoms with Crippen molar-refractivity contribution in [3.05, 3.63) is 0 Å². The molecule has 2 heterocycles. The highest BCUT2D eigenvalue weighted by Gasteiger charge is 2.33. The molecule has 2 fully saturated rings. The lowest BCUT2D eigenvalue weighted by Crippen LogP contribution is -2.50. The van der Waals surface area contributed by atoms with Crippen LogP contribution in [0, 0.1) is 0 Å². The molecule has 116 valence electrons. The zero-order chi connectivity index (χ0) is 14.4. The van der Waals surface area contributed by atoms with Gasteiger partial charge in [-0.15, -0.1) is 0 Å². The molecule has 5 heteroatoms. The number of hydrogen-bond donors (Lipinski definition) is 1. The highest BCUT2D eigenvalue weighted by molar-refractivity contribution is 7.99. The van der Waals surface area contributed by atoms with Crippen molar-refractivity contribution in [1.29, 1.82) is 0 Å². The molecule has 0 saturated carbocycles. The number of thioether (sulfide) groups is 1. The SMILES string of the molecule is CCNC(=O)N1CCC(N2CCC[C@@H]2CSCC)CC1. The highest BCUT2D eigenvalue weighted by Crippen LogP contribution is 2.28. The van der Waals surface area contributed by atoms with Crippen LogP contribution in [0.15, 0.2) is 0 Å². The van der Waals surface area contributed by atoms with Crippen molar-refractivity contribution in [3.8, 4) is 0 Å². The Kier molecular flexibility index (Phi) is 6.49. The van der Waals surface area contributed by atoms with Gasteiger partial charge in [-0.3, -0.25) is 4.90 Å². The predicted octanol–water partition coefficient (Wildman–Crippen LogP) is 2.40. The van der Waals surface area contributed by atoms with Crippen LogP contribution in [-0.2, 0) is 0 Å². The van der Waals surface area contributed by atoms with Crippen LogP contribution in [0.25, 0.3) is 0 Å². The van der Waals surface area contributed by atoms with Crippen molar-refractivity contribution in [2.75, 3.05) is 37.7 Å². The second-order valence-corrected chi connectivity index (χ2v) is 7.07. The van der Waals surface area contributed by atoms with Gasteiger partial charge < -0.3 is 10.2 Å². The van der Waals surface area contributed by atoms with E-state index in [2.05, 4.69) is 28.9 Å². The number of likely N-dealkylation sites (tertiary alicyclic amines) is 2. The monoisotopic (exact) mass is 299 g/mol. The van der Waals surface area contributed by atoms with Gasteiger partial charge in [-0.2, -0.15) is 11.8 Å². The molecule has 0 aromatic rings. The molecule has 0 spiro atoms. The van der Waals surface area contributed by atoms with E-state index in [1.807, 2.05) is 11.8 Å². The third kappa shape index (κ3) is 4.04. The Labute approximate surface area is 127 Å². The van der Waals surface area contributed by atoms with E-state index in [1.54, 1.807) is 0 Å². The highest BCUT2D eigenvalue weighted by atomic mass is 32.2. The molecule has 0 aromatic carbocycles. The average Bonchev–Trinajstić information content (AvgIpc) is 2.94. The van der Waals surface area contributed by atoms with Gasteiger partial charge in [0, 0.05) is 37.5 Å². The number of carbonyl (C=O) groups is 1. The molecule has 20 heavy (non-hydrogen) atoms. The lowest BCUT2D eigenvalue weighted by atomic mass is 10.0. The van der Waals surface area contributed by atoms with Gasteiger partial charge in [0.25, 0.3) is 0 Å². The Morgan fingerprint density at radius 2 is 1.95 bits per heavy atom. The molecule has 2 saturated heterocycles. The van der Waals surface area contributed by atoms with Gasteiger partial charge in [0.15, 0.2) is 0 Å². The first-order valence-electron chi connectivity index (χ1n) is 8.12. The number of amides is 2. The number of hydrogen-bond acceptors (Lipinski definition) is 3. The first kappa shape index (κ1) is 16.0. The Morgan fingerprint density at radius 3 is 2.60 bits per heavy atom. The summed E-state index contributed by atoms with van der Waals surface area (Å²) in [5, 5.41) is 2.91. The zero-order valence-electron chi connectivity index (χ0n) is 12.9. The van der Waals surface area contributed by atoms with E-state index in [0.717, 1.165) is 38.5 Å². The number of piperidine rings is 1. The topological polar surface area (TPSA) is 35.6 Å². The summed E-state index contributed by atoms with van der Waals surface area (Å²) in [6.45, 7) is 8.04. The van der Waals surface area contributed by atoms with E-state index in [1.165, 1.54) is 30.9 Å². The van der Waals surface area contributed by atoms with Crippen molar-refractivity contribution >= 4 is 17.8 Å². The van der Waals surface area contributed by atoms with Crippen LogP contribution < -0.4 is 5.32 Å². The summed E-state index contributed by atoms with van der Waals surface area (Å²) >= 11 is 2.07. The third-order valence-electron chi connectivity index (χ3n) is 4.49. The molecule has 0 aliphatic carbocycles. The van der Waals surface area contributed by atoms with Gasteiger partial charge in [-0.1, -0.05) is 6.92 Å². The molecule has 0 bridgehead atoms. The molecule has 1 N–H and O–H groups in total. The van der Waals surface area contributed by atoms with Crippen LogP contribution in [0.1, 0.15) is 39.5 Å². The summed E-state index contributed by atoms with van der Waals surface area (Å²) < 4.78 is 0. The first-order valence-corrected chi connectivity index (χ1v) is 9.28. The van der Waals surface area contributed by atoms with E-state index in [4.69, 9.17) is 0 Å². The van der Waals surface area contributed by atoms with Crippen LogP contribution in [0.4, 0.5) is 4.79 Å². The van der Waals surface area contributed by atoms with Gasteiger partial charge >= 0.3 is 6.03 Å². The van der Waals surface area contributed by atoms with Crippen molar-refractivity contribution in [3.63, 3.8) is 0 Å². The van der Waals surface area contributed by atoms with Crippen molar-refractivity contribution in [1.82, 2.24) is 15.1 Å². The minimum atomic E-state index is 0.116. The molecule has 1 atom stereocenters. The molecule has 2 rings (SSSR count). The van der Waals surface area contributed by atoms with E-state index < -0.39 is 0 Å². The van der Waals surface area contributed by atoms with Crippen LogP contribution in [-0.4, -0.2) is 65.6 Å². The molecule has 2 aliphatic heterocycles. The number of urea groups is 1. The molecular formula is C15H29N3OS. The summed E-state index contributed by atoms with van der Waals surface area (Å²) in [5.74, 6) is 2.51. The predicted molar refractivity (Wildman–Crippen MR) is 86.4 cm³/mol. The standard InChI is InChI=1S/C15H29N3OS/c1-3-16-15(19)17-10-7-13(8-11-17)18-9-5-6-14(18)12-20-4-2/h13-14H,3-12H2,1-2H3,(H,16,19)/t14-/m1/s1. The number of nitrogens with zero attached hydrogens (tertiary/aromatic N) is 2. The largest absolute Gasteiger partial charge is 0.338 e. The molecule has 0 unspecified atom stereocenters. The Morgan fingerprint density at radius 1 is 1.20 bits per heavy atom. The fourth-order valence-electron chi connectivity index (χ4n) is 3.44. The smallest absolute Gasteiger partial charge is 0.317 e. The number of carbonyl (C=O) groups excluding carboxylic acids is 1. The summed E-state index contributed by atoms with van der Waals surface area (Å²) in [7, 11) is 0. The normalized spacial score (nSPS) is 25.1. The molecule has 0 aromatic heterocycles. The van der Waals surface area contributed by atoms with Crippen LogP contribution in [0.5, 0.6) is 0 Å². The molecular weight excluding hydrogens is 270 g/mol. The third-order valence-corrected chi connectivity index (χ3v) is 5.51. The van der Waals surface area contributed by atoms with E-state index in [-0.39, 0.29) is 6.03 Å². The van der Waals surface area contributed by atoms with E-state index in [9.17, 15) is 4.79 Å². The Hall–Kier alpha value is -0.420. The van der Waals surface area contributed by atoms with E-state index >= 15 is 0 Å². The van der Waals surface area contributed by atoms with Gasteiger partial charge in [0.2, 0.25) is 0 Å². The lowest BCUT2D eigenvalue weighted by Gasteiger charge is -2.39. The van der Waals surface area contributed by atoms with Crippen molar-refractivity contribution < 1.29 is 4.79 Å². The quantitative estimate of drug-likeness (QED) is 0.847. The lowest BCUT2D eigenvalue weighted by molar-refractivity contribution is 0.114. The fraction of sp³-hybridized carbons (Fsp3) is 0.933. The van der Waals surface area contributed by atoms with Gasteiger partial charge in [0.05, 0.1) is 0 Å². The molecule has 2 amide bonds. The fourth-order valence-corrected chi connectivity index (χ4v) is 4.30. The second kappa shape index (κ2) is 8.13. The maximum atomic E-state index is 11.8. The maximum absolute atomic E-state index is 11.8. The van der Waals surface area contributed by atoms with Crippen LogP contribution >= 0.6 is 11.8 Å². The van der Waals surface area contributed by atoms with E-state index in [0.29, 0.717) is 6.04 Å². The summed E-state index contributed by atoms with van der Waals surface area (Å²) in [6, 6.07) is 1.59.